The molecule has 0 N–H and O–H groups in total. The first-order valence-electron chi connectivity index (χ1n) is 26.4. The van der Waals surface area contributed by atoms with Crippen LogP contribution in [0.25, 0.3) is 21.5 Å². The molecule has 0 amide bonds. The van der Waals surface area contributed by atoms with Crippen molar-refractivity contribution in [2.24, 2.45) is 0 Å². The number of methoxy groups -OCH3 is 1. The fourth-order valence-corrected chi connectivity index (χ4v) is 8.71. The molecule has 70 heavy (non-hydrogen) atoms. The van der Waals surface area contributed by atoms with Crippen molar-refractivity contribution in [3.05, 3.63) is 107 Å². The lowest BCUT2D eigenvalue weighted by molar-refractivity contribution is 0.0605. The van der Waals surface area contributed by atoms with Gasteiger partial charge in [-0.05, 0) is 109 Å². The average molecular weight is 987 g/mol. The standard InChI is InChI=1S/C46H70O4S2.C16H12O2/c1-5-8-10-12-14-20-31-49-45-38-42(46(37-40(45)26-7-3)50-32-21-15-13-11-9-6-2)28-27-41-36-43(47-29-22-16-18-24-33-51)39(4)35-44(41)48-30-23-17-19-25-34-52;1-18-16(17)15-13-8-4-2-6-11(13)10-12-7-3-5-9-14(12)15/h35-38,51-52H,5-6,8-25,29-34H2,1-4H3;2-10H,1H3. The number of esters is 1. The number of hydrogen-bond donors (Lipinski definition) is 2. The number of carbonyl (C=O) groups excluding carboxylic acids is 1. The van der Waals surface area contributed by atoms with Gasteiger partial charge in [0.1, 0.15) is 23.0 Å². The fourth-order valence-electron chi connectivity index (χ4n) is 8.26. The minimum atomic E-state index is -0.289. The van der Waals surface area contributed by atoms with E-state index in [1.165, 1.54) is 84.2 Å². The van der Waals surface area contributed by atoms with Crippen molar-refractivity contribution in [1.29, 1.82) is 0 Å². The third-order valence-electron chi connectivity index (χ3n) is 12.2. The fraction of sp³-hybridized carbons (Fsp3) is 0.500. The van der Waals surface area contributed by atoms with Crippen molar-refractivity contribution < 1.29 is 28.5 Å². The lowest BCUT2D eigenvalue weighted by atomic mass is 9.97. The largest absolute Gasteiger partial charge is 0.493 e. The normalized spacial score (nSPS) is 10.7. The van der Waals surface area contributed by atoms with Crippen LogP contribution in [-0.2, 0) is 4.74 Å². The van der Waals surface area contributed by atoms with Gasteiger partial charge in [0.05, 0.1) is 55.8 Å². The second-order valence-corrected chi connectivity index (χ2v) is 18.9. The van der Waals surface area contributed by atoms with Crippen LogP contribution in [0.2, 0.25) is 0 Å². The molecule has 0 bridgehead atoms. The van der Waals surface area contributed by atoms with Crippen LogP contribution in [-0.4, -0.2) is 51.0 Å². The molecule has 0 saturated carbocycles. The van der Waals surface area contributed by atoms with E-state index in [2.05, 4.69) is 87.9 Å². The van der Waals surface area contributed by atoms with Gasteiger partial charge in [-0.1, -0.05) is 170 Å². The van der Waals surface area contributed by atoms with E-state index < -0.39 is 0 Å². The van der Waals surface area contributed by atoms with E-state index in [0.29, 0.717) is 32.0 Å². The second kappa shape index (κ2) is 35.3. The Morgan fingerprint density at radius 1 is 0.471 bits per heavy atom. The molecule has 0 aliphatic carbocycles. The van der Waals surface area contributed by atoms with Crippen molar-refractivity contribution in [1.82, 2.24) is 0 Å². The van der Waals surface area contributed by atoms with Crippen LogP contribution in [0.5, 0.6) is 23.0 Å². The highest BCUT2D eigenvalue weighted by Crippen LogP contribution is 2.32. The predicted octanol–water partition coefficient (Wildman–Crippen LogP) is 16.8. The van der Waals surface area contributed by atoms with Gasteiger partial charge < -0.3 is 23.7 Å². The minimum absolute atomic E-state index is 0.289. The third kappa shape index (κ3) is 20.4. The van der Waals surface area contributed by atoms with Crippen LogP contribution in [0, 0.1) is 30.6 Å². The molecule has 0 fully saturated rings. The Kier molecular flexibility index (Phi) is 29.0. The summed E-state index contributed by atoms with van der Waals surface area (Å²) < 4.78 is 30.4. The molecule has 0 radical (unpaired) electrons. The molecule has 0 aromatic heterocycles. The van der Waals surface area contributed by atoms with Crippen molar-refractivity contribution in [2.45, 2.75) is 156 Å². The number of aryl methyl sites for hydroxylation is 1. The summed E-state index contributed by atoms with van der Waals surface area (Å²) in [6.45, 7) is 11.1. The summed E-state index contributed by atoms with van der Waals surface area (Å²) in [6, 6.07) is 26.0. The maximum Gasteiger partial charge on any atom is 0.339 e. The van der Waals surface area contributed by atoms with Gasteiger partial charge in [-0.15, -0.1) is 5.92 Å². The molecule has 5 aromatic carbocycles. The zero-order chi connectivity index (χ0) is 50.0. The first kappa shape index (κ1) is 57.7. The van der Waals surface area contributed by atoms with Crippen molar-refractivity contribution in [3.63, 3.8) is 0 Å². The first-order chi connectivity index (χ1) is 34.4. The molecule has 5 aromatic rings. The zero-order valence-electron chi connectivity index (χ0n) is 43.2. The maximum atomic E-state index is 12.0. The van der Waals surface area contributed by atoms with Crippen LogP contribution in [0.15, 0.2) is 78.9 Å². The molecule has 0 unspecified atom stereocenters. The number of thiol groups is 2. The van der Waals surface area contributed by atoms with Gasteiger partial charge in [0.2, 0.25) is 0 Å². The minimum Gasteiger partial charge on any atom is -0.493 e. The van der Waals surface area contributed by atoms with E-state index in [1.54, 1.807) is 0 Å². The molecule has 0 atom stereocenters. The number of ether oxygens (including phenoxy) is 5. The van der Waals surface area contributed by atoms with Crippen LogP contribution < -0.4 is 18.9 Å². The Morgan fingerprint density at radius 2 is 0.843 bits per heavy atom. The molecule has 0 spiro atoms. The van der Waals surface area contributed by atoms with Gasteiger partial charge in [0, 0.05) is 12.1 Å². The van der Waals surface area contributed by atoms with Gasteiger partial charge >= 0.3 is 5.97 Å². The number of rotatable bonds is 31. The monoisotopic (exact) mass is 987 g/mol. The van der Waals surface area contributed by atoms with Crippen LogP contribution in [0.4, 0.5) is 0 Å². The van der Waals surface area contributed by atoms with Crippen molar-refractivity contribution in [2.75, 3.05) is 45.0 Å². The second-order valence-electron chi connectivity index (χ2n) is 18.0. The Morgan fingerprint density at radius 3 is 1.27 bits per heavy atom. The lowest BCUT2D eigenvalue weighted by Crippen LogP contribution is -2.04. The number of unbranched alkanes of at least 4 members (excludes halogenated alkanes) is 16. The first-order valence-corrected chi connectivity index (χ1v) is 27.6. The maximum absolute atomic E-state index is 12.0. The van der Waals surface area contributed by atoms with E-state index in [9.17, 15) is 4.79 Å². The summed E-state index contributed by atoms with van der Waals surface area (Å²) >= 11 is 8.70. The number of fused-ring (bicyclic) bond motifs is 2. The van der Waals surface area contributed by atoms with E-state index in [4.69, 9.17) is 23.7 Å². The Labute approximate surface area is 433 Å². The highest BCUT2D eigenvalue weighted by molar-refractivity contribution is 7.80. The molecular weight excluding hydrogens is 905 g/mol. The SMILES string of the molecule is CC#Cc1cc(OCCCCCCCC)c(C#Cc2cc(OCCCCCCS)c(C)cc2OCCCCCCS)cc1OCCCCCCCC.COC(=O)c1c2ccccc2cc2ccccc12. The zero-order valence-corrected chi connectivity index (χ0v) is 45.0. The van der Waals surface area contributed by atoms with Crippen LogP contribution >= 0.6 is 25.3 Å². The molecule has 0 saturated heterocycles. The number of carbonyl (C=O) groups is 1. The van der Waals surface area contributed by atoms with Gasteiger partial charge in [-0.25, -0.2) is 4.79 Å². The Bertz CT molecular complexity index is 2370. The molecule has 0 heterocycles. The predicted molar refractivity (Wildman–Crippen MR) is 302 cm³/mol. The number of hydrogen-bond acceptors (Lipinski definition) is 8. The summed E-state index contributed by atoms with van der Waals surface area (Å²) in [7, 11) is 1.42. The molecule has 8 heteroatoms. The van der Waals surface area contributed by atoms with Gasteiger partial charge in [0.25, 0.3) is 0 Å². The Balaban J connectivity index is 0.000000486. The molecule has 5 rings (SSSR count). The van der Waals surface area contributed by atoms with Crippen LogP contribution in [0.3, 0.4) is 0 Å². The molecule has 6 nitrogen and oxygen atoms in total. The van der Waals surface area contributed by atoms with E-state index >= 15 is 0 Å². The van der Waals surface area contributed by atoms with E-state index in [0.717, 1.165) is 130 Å². The Hall–Kier alpha value is -4.89. The summed E-state index contributed by atoms with van der Waals surface area (Å²) in [5.41, 5.74) is 4.17. The lowest BCUT2D eigenvalue weighted by Gasteiger charge is -2.15. The summed E-state index contributed by atoms with van der Waals surface area (Å²) in [5, 5.41) is 3.97. The molecular formula is C62H82O6S2. The van der Waals surface area contributed by atoms with Gasteiger partial charge in [0.15, 0.2) is 0 Å². The van der Waals surface area contributed by atoms with Crippen LogP contribution in [0.1, 0.15) is 182 Å². The molecule has 0 aliphatic heterocycles. The summed E-state index contributed by atoms with van der Waals surface area (Å²) in [5.74, 6) is 18.0. The molecule has 378 valence electrons. The molecule has 0 aliphatic rings. The van der Waals surface area contributed by atoms with Crippen molar-refractivity contribution in [3.8, 4) is 46.7 Å². The van der Waals surface area contributed by atoms with E-state index in [1.807, 2.05) is 67.6 Å². The quantitative estimate of drug-likeness (QED) is 0.0152. The smallest absolute Gasteiger partial charge is 0.339 e. The topological polar surface area (TPSA) is 63.2 Å². The third-order valence-corrected chi connectivity index (χ3v) is 12.9. The average Bonchev–Trinajstić information content (AvgIpc) is 3.37. The van der Waals surface area contributed by atoms with E-state index in [-0.39, 0.29) is 5.97 Å². The highest BCUT2D eigenvalue weighted by Gasteiger charge is 2.16. The number of benzene rings is 5. The van der Waals surface area contributed by atoms with Gasteiger partial charge in [-0.2, -0.15) is 25.3 Å². The van der Waals surface area contributed by atoms with Gasteiger partial charge in [-0.3, -0.25) is 0 Å². The summed E-state index contributed by atoms with van der Waals surface area (Å²) in [4.78, 5) is 12.0. The highest BCUT2D eigenvalue weighted by atomic mass is 32.1. The van der Waals surface area contributed by atoms with Crippen molar-refractivity contribution >= 4 is 52.8 Å². The summed E-state index contributed by atoms with van der Waals surface area (Å²) in [6.07, 6.45) is 23.5.